The third-order valence-corrected chi connectivity index (χ3v) is 1.41. The Kier molecular flexibility index (Phi) is 3.70. The highest BCUT2D eigenvalue weighted by Gasteiger charge is 2.26. The van der Waals surface area contributed by atoms with Crippen LogP contribution in [0.1, 0.15) is 12.8 Å². The first-order chi connectivity index (χ1) is 5.24. The van der Waals surface area contributed by atoms with E-state index in [4.69, 9.17) is 10.5 Å². The van der Waals surface area contributed by atoms with Crippen LogP contribution in [0.4, 0.5) is 0 Å². The van der Waals surface area contributed by atoms with E-state index in [-0.39, 0.29) is 0 Å². The highest BCUT2D eigenvalue weighted by molar-refractivity contribution is 5.17. The molecule has 0 aromatic carbocycles. The fourth-order valence-electron chi connectivity index (χ4n) is 0.784. The van der Waals surface area contributed by atoms with Crippen molar-refractivity contribution in [3.63, 3.8) is 0 Å². The Labute approximate surface area is 67.1 Å². The van der Waals surface area contributed by atoms with E-state index in [9.17, 15) is 0 Å². The third-order valence-electron chi connectivity index (χ3n) is 1.41. The van der Waals surface area contributed by atoms with Crippen molar-refractivity contribution < 1.29 is 0 Å². The molecule has 0 bridgehead atoms. The van der Waals surface area contributed by atoms with Crippen molar-refractivity contribution in [2.75, 3.05) is 0 Å². The standard InChI is InChI=1S/C9H10N2/c1-3-5-9(7-10,8-11)6-4-2/h3-4H,1-2,5-6H2. The first kappa shape index (κ1) is 9.46. The van der Waals surface area contributed by atoms with Crippen LogP contribution in [0.3, 0.4) is 0 Å². The fraction of sp³-hybridized carbons (Fsp3) is 0.333. The van der Waals surface area contributed by atoms with E-state index in [2.05, 4.69) is 13.2 Å². The molecule has 0 amide bonds. The summed E-state index contributed by atoms with van der Waals surface area (Å²) in [7, 11) is 0. The van der Waals surface area contributed by atoms with Crippen LogP contribution in [-0.2, 0) is 0 Å². The summed E-state index contributed by atoms with van der Waals surface area (Å²) in [4.78, 5) is 0. The second-order valence-corrected chi connectivity index (χ2v) is 2.29. The second kappa shape index (κ2) is 4.30. The van der Waals surface area contributed by atoms with Gasteiger partial charge in [0.2, 0.25) is 0 Å². The zero-order valence-corrected chi connectivity index (χ0v) is 6.38. The van der Waals surface area contributed by atoms with Gasteiger partial charge >= 0.3 is 0 Å². The number of nitriles is 2. The van der Waals surface area contributed by atoms with E-state index < -0.39 is 5.41 Å². The van der Waals surface area contributed by atoms with Crippen LogP contribution in [0, 0.1) is 28.1 Å². The van der Waals surface area contributed by atoms with Gasteiger partial charge in [-0.2, -0.15) is 10.5 Å². The van der Waals surface area contributed by atoms with Gasteiger partial charge in [-0.3, -0.25) is 0 Å². The Hall–Kier alpha value is -1.54. The van der Waals surface area contributed by atoms with Crippen molar-refractivity contribution in [1.29, 1.82) is 10.5 Å². The molecular formula is C9H10N2. The summed E-state index contributed by atoms with van der Waals surface area (Å²) in [6, 6.07) is 3.93. The number of allylic oxidation sites excluding steroid dienone is 2. The highest BCUT2D eigenvalue weighted by atomic mass is 14.4. The summed E-state index contributed by atoms with van der Waals surface area (Å²) in [6.07, 6.45) is 3.95. The van der Waals surface area contributed by atoms with E-state index in [0.29, 0.717) is 12.8 Å². The van der Waals surface area contributed by atoms with Gasteiger partial charge in [-0.05, 0) is 12.8 Å². The van der Waals surface area contributed by atoms with Crippen molar-refractivity contribution in [3.8, 4) is 12.1 Å². The smallest absolute Gasteiger partial charge is 0.150 e. The molecule has 0 aromatic rings. The second-order valence-electron chi connectivity index (χ2n) is 2.29. The lowest BCUT2D eigenvalue weighted by Gasteiger charge is -2.12. The summed E-state index contributed by atoms with van der Waals surface area (Å²) in [5.74, 6) is 0. The molecule has 11 heavy (non-hydrogen) atoms. The lowest BCUT2D eigenvalue weighted by molar-refractivity contribution is 0.539. The number of hydrogen-bond donors (Lipinski definition) is 0. The van der Waals surface area contributed by atoms with Crippen molar-refractivity contribution >= 4 is 0 Å². The molecule has 2 heteroatoms. The minimum Gasteiger partial charge on any atom is -0.197 e. The first-order valence-electron chi connectivity index (χ1n) is 3.29. The minimum absolute atomic E-state index is 0.395. The van der Waals surface area contributed by atoms with E-state index in [1.807, 2.05) is 12.1 Å². The molecule has 56 valence electrons. The van der Waals surface area contributed by atoms with Crippen LogP contribution in [-0.4, -0.2) is 0 Å². The van der Waals surface area contributed by atoms with Gasteiger partial charge in [-0.1, -0.05) is 12.2 Å². The largest absolute Gasteiger partial charge is 0.197 e. The zero-order chi connectivity index (χ0) is 8.74. The van der Waals surface area contributed by atoms with Crippen molar-refractivity contribution in [1.82, 2.24) is 0 Å². The molecule has 2 nitrogen and oxygen atoms in total. The SMILES string of the molecule is C=CCC(C#N)(C#N)CC=C. The topological polar surface area (TPSA) is 47.6 Å². The summed E-state index contributed by atoms with van der Waals surface area (Å²) in [5, 5.41) is 17.3. The molecule has 0 unspecified atom stereocenters. The molecule has 0 saturated carbocycles. The number of nitrogens with zero attached hydrogens (tertiary/aromatic N) is 2. The van der Waals surface area contributed by atoms with Gasteiger partial charge < -0.3 is 0 Å². The predicted molar refractivity (Wildman–Crippen MR) is 43.3 cm³/mol. The van der Waals surface area contributed by atoms with Crippen molar-refractivity contribution in [2.45, 2.75) is 12.8 Å². The molecule has 0 aliphatic rings. The normalized spacial score (nSPS) is 9.27. The van der Waals surface area contributed by atoms with E-state index in [0.717, 1.165) is 0 Å². The van der Waals surface area contributed by atoms with Crippen LogP contribution in [0.2, 0.25) is 0 Å². The fourth-order valence-corrected chi connectivity index (χ4v) is 0.784. The van der Waals surface area contributed by atoms with Gasteiger partial charge in [0.05, 0.1) is 12.1 Å². The Morgan fingerprint density at radius 1 is 1.09 bits per heavy atom. The third kappa shape index (κ3) is 2.27. The Balaban J connectivity index is 4.51. The first-order valence-corrected chi connectivity index (χ1v) is 3.29. The summed E-state index contributed by atoms with van der Waals surface area (Å²) in [5.41, 5.74) is -0.941. The molecule has 0 heterocycles. The zero-order valence-electron chi connectivity index (χ0n) is 6.38. The maximum absolute atomic E-state index is 8.67. The lowest BCUT2D eigenvalue weighted by atomic mass is 9.84. The Morgan fingerprint density at radius 3 is 1.64 bits per heavy atom. The summed E-state index contributed by atoms with van der Waals surface area (Å²) < 4.78 is 0. The van der Waals surface area contributed by atoms with Gasteiger partial charge in [0.1, 0.15) is 0 Å². The summed E-state index contributed by atoms with van der Waals surface area (Å²) in [6.45, 7) is 6.97. The predicted octanol–water partition coefficient (Wildman–Crippen LogP) is 2.17. The van der Waals surface area contributed by atoms with E-state index in [1.165, 1.54) is 0 Å². The van der Waals surface area contributed by atoms with Crippen LogP contribution in [0.15, 0.2) is 25.3 Å². The van der Waals surface area contributed by atoms with E-state index in [1.54, 1.807) is 12.2 Å². The van der Waals surface area contributed by atoms with Crippen molar-refractivity contribution in [3.05, 3.63) is 25.3 Å². The molecule has 0 fully saturated rings. The maximum atomic E-state index is 8.67. The molecule has 0 spiro atoms. The molecular weight excluding hydrogens is 136 g/mol. The van der Waals surface area contributed by atoms with Gasteiger partial charge in [-0.15, -0.1) is 13.2 Å². The van der Waals surface area contributed by atoms with Crippen LogP contribution in [0.5, 0.6) is 0 Å². The van der Waals surface area contributed by atoms with Crippen molar-refractivity contribution in [2.24, 2.45) is 5.41 Å². The molecule has 0 N–H and O–H groups in total. The molecule has 0 radical (unpaired) electrons. The van der Waals surface area contributed by atoms with Crippen LogP contribution < -0.4 is 0 Å². The highest BCUT2D eigenvalue weighted by Crippen LogP contribution is 2.25. The number of rotatable bonds is 4. The molecule has 0 aliphatic carbocycles. The average Bonchev–Trinajstić information content (AvgIpc) is 2.04. The molecule has 0 rings (SSSR count). The molecule has 0 atom stereocenters. The number of hydrogen-bond acceptors (Lipinski definition) is 2. The quantitative estimate of drug-likeness (QED) is 0.570. The monoisotopic (exact) mass is 146 g/mol. The average molecular weight is 146 g/mol. The van der Waals surface area contributed by atoms with Gasteiger partial charge in [-0.25, -0.2) is 0 Å². The lowest BCUT2D eigenvalue weighted by Crippen LogP contribution is -2.13. The van der Waals surface area contributed by atoms with Crippen LogP contribution >= 0.6 is 0 Å². The van der Waals surface area contributed by atoms with Gasteiger partial charge in [0, 0.05) is 0 Å². The molecule has 0 saturated heterocycles. The van der Waals surface area contributed by atoms with Gasteiger partial charge in [0.25, 0.3) is 0 Å². The van der Waals surface area contributed by atoms with Crippen LogP contribution in [0.25, 0.3) is 0 Å². The maximum Gasteiger partial charge on any atom is 0.150 e. The summed E-state index contributed by atoms with van der Waals surface area (Å²) >= 11 is 0. The van der Waals surface area contributed by atoms with Gasteiger partial charge in [0.15, 0.2) is 5.41 Å². The Bertz CT molecular complexity index is 201. The van der Waals surface area contributed by atoms with E-state index >= 15 is 0 Å². The Morgan fingerprint density at radius 2 is 1.45 bits per heavy atom. The molecule has 0 aliphatic heterocycles. The minimum atomic E-state index is -0.941. The molecule has 0 aromatic heterocycles.